The molecule has 4 heterocycles. The Morgan fingerprint density at radius 3 is 2.96 bits per heavy atom. The first-order chi connectivity index (χ1) is 13.7. The number of carbonyl (C=O) groups is 1. The van der Waals surface area contributed by atoms with Crippen molar-refractivity contribution in [1.82, 2.24) is 24.4 Å². The van der Waals surface area contributed by atoms with Crippen LogP contribution in [-0.2, 0) is 13.0 Å². The Bertz CT molecular complexity index is 917. The van der Waals surface area contributed by atoms with Crippen molar-refractivity contribution < 1.29 is 4.79 Å². The minimum absolute atomic E-state index is 0.00146. The lowest BCUT2D eigenvalue weighted by atomic mass is 10.1. The van der Waals surface area contributed by atoms with Crippen LogP contribution < -0.4 is 4.90 Å². The molecule has 8 nitrogen and oxygen atoms in total. The maximum absolute atomic E-state index is 13.0. The molecule has 4 rings (SSSR count). The molecule has 1 unspecified atom stereocenters. The summed E-state index contributed by atoms with van der Waals surface area (Å²) in [7, 11) is 0. The second-order valence-corrected chi connectivity index (χ2v) is 7.05. The first kappa shape index (κ1) is 18.2. The number of carbonyl (C=O) groups excluding carboxylic acids is 1. The molecule has 0 aromatic carbocycles. The molecule has 0 N–H and O–H groups in total. The topological polar surface area (TPSA) is 90.9 Å². The largest absolute Gasteiger partial charge is 0.352 e. The summed E-state index contributed by atoms with van der Waals surface area (Å²) in [5.74, 6) is 1.51. The van der Waals surface area contributed by atoms with Crippen LogP contribution in [0, 0.1) is 11.3 Å². The summed E-state index contributed by atoms with van der Waals surface area (Å²) < 4.78 is 2.05. The monoisotopic (exact) mass is 377 g/mol. The average molecular weight is 377 g/mol. The summed E-state index contributed by atoms with van der Waals surface area (Å²) in [5, 5.41) is 9.27. The minimum Gasteiger partial charge on any atom is -0.352 e. The molecule has 8 heteroatoms. The molecule has 2 aromatic rings. The zero-order valence-corrected chi connectivity index (χ0v) is 16.0. The molecule has 0 saturated heterocycles. The Hall–Kier alpha value is -3.21. The average Bonchev–Trinajstić information content (AvgIpc) is 3.30. The van der Waals surface area contributed by atoms with Crippen molar-refractivity contribution in [2.45, 2.75) is 38.8 Å². The maximum Gasteiger partial charge on any atom is 0.274 e. The van der Waals surface area contributed by atoms with Gasteiger partial charge in [0.15, 0.2) is 11.5 Å². The predicted molar refractivity (Wildman–Crippen MR) is 104 cm³/mol. The number of amides is 1. The highest BCUT2D eigenvalue weighted by molar-refractivity contribution is 5.93. The molecule has 2 aliphatic rings. The van der Waals surface area contributed by atoms with Crippen molar-refractivity contribution in [3.8, 4) is 6.07 Å². The molecular weight excluding hydrogens is 354 g/mol. The van der Waals surface area contributed by atoms with E-state index in [1.54, 1.807) is 6.20 Å². The van der Waals surface area contributed by atoms with Crippen LogP contribution in [0.25, 0.3) is 0 Å². The van der Waals surface area contributed by atoms with E-state index in [4.69, 9.17) is 0 Å². The van der Waals surface area contributed by atoms with Gasteiger partial charge in [-0.05, 0) is 6.42 Å². The van der Waals surface area contributed by atoms with E-state index in [9.17, 15) is 10.1 Å². The van der Waals surface area contributed by atoms with Crippen LogP contribution in [0.5, 0.6) is 0 Å². The van der Waals surface area contributed by atoms with Gasteiger partial charge in [0.25, 0.3) is 5.91 Å². The van der Waals surface area contributed by atoms with Crippen LogP contribution in [0.2, 0.25) is 0 Å². The normalized spacial score (nSPS) is 18.6. The van der Waals surface area contributed by atoms with Gasteiger partial charge in [0.2, 0.25) is 0 Å². The number of fused-ring (bicyclic) bond motifs is 1. The number of aromatic nitrogens is 4. The lowest BCUT2D eigenvalue weighted by Crippen LogP contribution is -2.36. The van der Waals surface area contributed by atoms with Gasteiger partial charge in [0, 0.05) is 51.2 Å². The van der Waals surface area contributed by atoms with E-state index >= 15 is 0 Å². The highest BCUT2D eigenvalue weighted by Crippen LogP contribution is 2.21. The Balaban J connectivity index is 1.49. The molecule has 1 amide bonds. The van der Waals surface area contributed by atoms with E-state index in [2.05, 4.69) is 45.0 Å². The molecule has 1 atom stereocenters. The van der Waals surface area contributed by atoms with Crippen molar-refractivity contribution in [3.63, 3.8) is 0 Å². The quantitative estimate of drug-likeness (QED) is 0.755. The number of rotatable bonds is 4. The summed E-state index contributed by atoms with van der Waals surface area (Å²) in [4.78, 5) is 30.0. The Kier molecular flexibility index (Phi) is 5.06. The third-order valence-electron chi connectivity index (χ3n) is 5.28. The Morgan fingerprint density at radius 2 is 2.14 bits per heavy atom. The van der Waals surface area contributed by atoms with Gasteiger partial charge in [-0.25, -0.2) is 15.0 Å². The van der Waals surface area contributed by atoms with Crippen LogP contribution >= 0.6 is 0 Å². The van der Waals surface area contributed by atoms with Gasteiger partial charge >= 0.3 is 0 Å². The van der Waals surface area contributed by atoms with Crippen molar-refractivity contribution >= 4 is 11.7 Å². The summed E-state index contributed by atoms with van der Waals surface area (Å²) in [6, 6.07) is 2.28. The fourth-order valence-corrected chi connectivity index (χ4v) is 3.88. The van der Waals surface area contributed by atoms with Crippen LogP contribution in [0.1, 0.15) is 41.8 Å². The van der Waals surface area contributed by atoms with Crippen molar-refractivity contribution in [2.75, 3.05) is 24.5 Å². The van der Waals surface area contributed by atoms with E-state index < -0.39 is 0 Å². The number of anilines is 1. The van der Waals surface area contributed by atoms with Gasteiger partial charge in [-0.1, -0.05) is 25.5 Å². The second kappa shape index (κ2) is 7.80. The molecule has 2 aliphatic heterocycles. The zero-order chi connectivity index (χ0) is 19.5. The van der Waals surface area contributed by atoms with Gasteiger partial charge in [-0.2, -0.15) is 5.26 Å². The number of hydrogen-bond donors (Lipinski definition) is 0. The predicted octanol–water partition coefficient (Wildman–Crippen LogP) is 1.79. The van der Waals surface area contributed by atoms with E-state index in [0.29, 0.717) is 49.8 Å². The third-order valence-corrected chi connectivity index (χ3v) is 5.28. The fourth-order valence-electron chi connectivity index (χ4n) is 3.88. The van der Waals surface area contributed by atoms with E-state index in [1.165, 1.54) is 6.20 Å². The maximum atomic E-state index is 13.0. The molecular formula is C20H23N7O. The highest BCUT2D eigenvalue weighted by Gasteiger charge is 2.28. The molecule has 144 valence electrons. The first-order valence-corrected chi connectivity index (χ1v) is 9.71. The van der Waals surface area contributed by atoms with Gasteiger partial charge in [-0.15, -0.1) is 0 Å². The minimum atomic E-state index is 0.00146. The standard InChI is InChI=1S/C20H23N7O/c1-2-4-15-5-3-9-27(15)20(28)17-14-26-12-11-25(10-6-18(26)24-17)19-16(13-21)22-7-8-23-19/h3,5,7-8,14-15H,2,4,6,9-12H2,1H3. The van der Waals surface area contributed by atoms with E-state index in [1.807, 2.05) is 15.7 Å². The highest BCUT2D eigenvalue weighted by atomic mass is 16.2. The lowest BCUT2D eigenvalue weighted by molar-refractivity contribution is 0.0739. The van der Waals surface area contributed by atoms with E-state index in [0.717, 1.165) is 18.7 Å². The van der Waals surface area contributed by atoms with Crippen molar-refractivity contribution in [2.24, 2.45) is 0 Å². The SMILES string of the molecule is CCCC1C=CCN1C(=O)c1cn2c(n1)CCN(c1nccnc1C#N)CC2. The van der Waals surface area contributed by atoms with Crippen molar-refractivity contribution in [3.05, 3.63) is 48.0 Å². The number of nitrogens with zero attached hydrogens (tertiary/aromatic N) is 7. The molecule has 28 heavy (non-hydrogen) atoms. The number of hydrogen-bond acceptors (Lipinski definition) is 6. The summed E-state index contributed by atoms with van der Waals surface area (Å²) in [5.41, 5.74) is 0.854. The lowest BCUT2D eigenvalue weighted by Gasteiger charge is -2.23. The number of imidazole rings is 1. The van der Waals surface area contributed by atoms with Crippen LogP contribution in [0.4, 0.5) is 5.82 Å². The van der Waals surface area contributed by atoms with E-state index in [-0.39, 0.29) is 11.9 Å². The molecule has 0 radical (unpaired) electrons. The van der Waals surface area contributed by atoms with Gasteiger partial charge < -0.3 is 14.4 Å². The third kappa shape index (κ3) is 3.36. The fraction of sp³-hybridized carbons (Fsp3) is 0.450. The van der Waals surface area contributed by atoms with Gasteiger partial charge in [0.05, 0.1) is 6.04 Å². The van der Waals surface area contributed by atoms with Gasteiger partial charge in [-0.3, -0.25) is 4.79 Å². The van der Waals surface area contributed by atoms with Gasteiger partial charge in [0.1, 0.15) is 17.6 Å². The second-order valence-electron chi connectivity index (χ2n) is 7.05. The van der Waals surface area contributed by atoms with Crippen molar-refractivity contribution in [1.29, 1.82) is 5.26 Å². The Labute approximate surface area is 164 Å². The van der Waals surface area contributed by atoms with Crippen LogP contribution in [0.3, 0.4) is 0 Å². The summed E-state index contributed by atoms with van der Waals surface area (Å²) in [6.45, 7) is 4.85. The molecule has 0 fully saturated rings. The molecule has 0 spiro atoms. The Morgan fingerprint density at radius 1 is 1.29 bits per heavy atom. The first-order valence-electron chi connectivity index (χ1n) is 9.71. The zero-order valence-electron chi connectivity index (χ0n) is 16.0. The number of nitriles is 1. The molecule has 0 aliphatic carbocycles. The molecule has 0 bridgehead atoms. The van der Waals surface area contributed by atoms with Crippen LogP contribution in [-0.4, -0.2) is 56.0 Å². The van der Waals surface area contributed by atoms with Crippen LogP contribution in [0.15, 0.2) is 30.7 Å². The summed E-state index contributed by atoms with van der Waals surface area (Å²) in [6.07, 6.45) is 11.9. The summed E-state index contributed by atoms with van der Waals surface area (Å²) >= 11 is 0. The molecule has 2 aromatic heterocycles. The molecule has 0 saturated carbocycles. The smallest absolute Gasteiger partial charge is 0.274 e.